The summed E-state index contributed by atoms with van der Waals surface area (Å²) in [4.78, 5) is 14.7. The van der Waals surface area contributed by atoms with E-state index in [1.165, 1.54) is 12.8 Å². The van der Waals surface area contributed by atoms with Crippen molar-refractivity contribution in [3.8, 4) is 0 Å². The molecule has 21 heavy (non-hydrogen) atoms. The number of hydrogen-bond donors (Lipinski definition) is 2. The standard InChI is InChI=1S/C15H18N4O2/c20-19(21)15-4-3-14(12-5-7-17-10-13(12)15)18-9-11-2-1-6-16-8-11/h3-5,7,10-11,16,18H,1-2,6,8-9H2. The van der Waals surface area contributed by atoms with Crippen molar-refractivity contribution in [2.75, 3.05) is 25.0 Å². The molecule has 1 aliphatic rings. The lowest BCUT2D eigenvalue weighted by Crippen LogP contribution is -2.33. The van der Waals surface area contributed by atoms with Gasteiger partial charge in [0.2, 0.25) is 0 Å². The molecule has 0 spiro atoms. The van der Waals surface area contributed by atoms with Crippen LogP contribution in [0.2, 0.25) is 0 Å². The molecule has 0 bridgehead atoms. The van der Waals surface area contributed by atoms with Crippen molar-refractivity contribution in [2.24, 2.45) is 5.92 Å². The van der Waals surface area contributed by atoms with Gasteiger partial charge in [0.15, 0.2) is 0 Å². The molecule has 1 unspecified atom stereocenters. The molecule has 1 aromatic heterocycles. The number of non-ortho nitro benzene ring substituents is 1. The van der Waals surface area contributed by atoms with Gasteiger partial charge in [0, 0.05) is 36.1 Å². The van der Waals surface area contributed by atoms with Crippen molar-refractivity contribution >= 4 is 22.1 Å². The number of benzene rings is 1. The van der Waals surface area contributed by atoms with Gasteiger partial charge >= 0.3 is 0 Å². The Morgan fingerprint density at radius 3 is 3.05 bits per heavy atom. The first-order chi connectivity index (χ1) is 10.3. The highest BCUT2D eigenvalue weighted by Gasteiger charge is 2.16. The predicted octanol–water partition coefficient (Wildman–Crippen LogP) is 2.55. The number of aromatic nitrogens is 1. The molecule has 6 nitrogen and oxygen atoms in total. The van der Waals surface area contributed by atoms with Gasteiger partial charge in [-0.05, 0) is 44.0 Å². The Morgan fingerprint density at radius 1 is 1.38 bits per heavy atom. The average molecular weight is 286 g/mol. The molecule has 110 valence electrons. The number of piperidine rings is 1. The number of anilines is 1. The quantitative estimate of drug-likeness (QED) is 0.667. The Hall–Kier alpha value is -2.21. The topological polar surface area (TPSA) is 80.1 Å². The van der Waals surface area contributed by atoms with Crippen LogP contribution >= 0.6 is 0 Å². The second-order valence-electron chi connectivity index (χ2n) is 5.40. The Labute approximate surface area is 122 Å². The fourth-order valence-electron chi connectivity index (χ4n) is 2.84. The van der Waals surface area contributed by atoms with E-state index >= 15 is 0 Å². The number of rotatable bonds is 4. The van der Waals surface area contributed by atoms with E-state index in [1.54, 1.807) is 24.5 Å². The van der Waals surface area contributed by atoms with Gasteiger partial charge in [-0.15, -0.1) is 0 Å². The Balaban J connectivity index is 1.85. The third-order valence-electron chi connectivity index (χ3n) is 3.97. The number of hydrogen-bond acceptors (Lipinski definition) is 5. The lowest BCUT2D eigenvalue weighted by molar-refractivity contribution is -0.383. The number of nitro benzene ring substituents is 1. The molecule has 0 amide bonds. The Morgan fingerprint density at radius 2 is 2.29 bits per heavy atom. The van der Waals surface area contributed by atoms with Crippen LogP contribution in [0.4, 0.5) is 11.4 Å². The fourth-order valence-corrected chi connectivity index (χ4v) is 2.84. The van der Waals surface area contributed by atoms with Gasteiger partial charge < -0.3 is 10.6 Å². The number of nitro groups is 1. The molecule has 6 heteroatoms. The number of nitrogens with zero attached hydrogens (tertiary/aromatic N) is 2. The van der Waals surface area contributed by atoms with Crippen LogP contribution in [-0.2, 0) is 0 Å². The van der Waals surface area contributed by atoms with Gasteiger partial charge in [-0.2, -0.15) is 0 Å². The third kappa shape index (κ3) is 2.95. The highest BCUT2D eigenvalue weighted by molar-refractivity contribution is 5.99. The maximum absolute atomic E-state index is 11.1. The van der Waals surface area contributed by atoms with E-state index in [0.717, 1.165) is 30.7 Å². The number of fused-ring (bicyclic) bond motifs is 1. The molecule has 0 aliphatic carbocycles. The van der Waals surface area contributed by atoms with E-state index in [4.69, 9.17) is 0 Å². The highest BCUT2D eigenvalue weighted by Crippen LogP contribution is 2.30. The van der Waals surface area contributed by atoms with E-state index in [2.05, 4.69) is 15.6 Å². The molecule has 3 rings (SSSR count). The zero-order valence-electron chi connectivity index (χ0n) is 11.7. The van der Waals surface area contributed by atoms with Crippen LogP contribution in [0.15, 0.2) is 30.6 Å². The summed E-state index contributed by atoms with van der Waals surface area (Å²) in [5, 5.41) is 19.3. The van der Waals surface area contributed by atoms with Crippen LogP contribution < -0.4 is 10.6 Å². The van der Waals surface area contributed by atoms with Gasteiger partial charge in [-0.3, -0.25) is 15.1 Å². The monoisotopic (exact) mass is 286 g/mol. The van der Waals surface area contributed by atoms with Crippen LogP contribution in [0.3, 0.4) is 0 Å². The Bertz CT molecular complexity index is 653. The zero-order chi connectivity index (χ0) is 14.7. The second kappa shape index (κ2) is 6.05. The minimum atomic E-state index is -0.362. The van der Waals surface area contributed by atoms with Crippen molar-refractivity contribution in [3.63, 3.8) is 0 Å². The summed E-state index contributed by atoms with van der Waals surface area (Å²) >= 11 is 0. The smallest absolute Gasteiger partial charge is 0.278 e. The van der Waals surface area contributed by atoms with E-state index < -0.39 is 0 Å². The molecular formula is C15H18N4O2. The number of pyridine rings is 1. The predicted molar refractivity (Wildman–Crippen MR) is 82.5 cm³/mol. The molecule has 2 aromatic rings. The molecule has 1 atom stereocenters. The van der Waals surface area contributed by atoms with Crippen LogP contribution in [0.25, 0.3) is 10.8 Å². The largest absolute Gasteiger partial charge is 0.384 e. The lowest BCUT2D eigenvalue weighted by Gasteiger charge is -2.23. The fraction of sp³-hybridized carbons (Fsp3) is 0.400. The van der Waals surface area contributed by atoms with E-state index in [0.29, 0.717) is 11.3 Å². The Kier molecular flexibility index (Phi) is 3.96. The van der Waals surface area contributed by atoms with Gasteiger partial charge in [-0.25, -0.2) is 0 Å². The SMILES string of the molecule is O=[N+]([O-])c1ccc(NCC2CCCNC2)c2ccncc12. The van der Waals surface area contributed by atoms with Crippen molar-refractivity contribution in [2.45, 2.75) is 12.8 Å². The summed E-state index contributed by atoms with van der Waals surface area (Å²) < 4.78 is 0. The molecule has 2 N–H and O–H groups in total. The van der Waals surface area contributed by atoms with Crippen LogP contribution in [0.5, 0.6) is 0 Å². The molecule has 0 radical (unpaired) electrons. The van der Waals surface area contributed by atoms with Crippen molar-refractivity contribution < 1.29 is 4.92 Å². The number of nitrogens with one attached hydrogen (secondary N) is 2. The minimum absolute atomic E-state index is 0.1000. The summed E-state index contributed by atoms with van der Waals surface area (Å²) in [6, 6.07) is 5.16. The van der Waals surface area contributed by atoms with Crippen LogP contribution in [-0.4, -0.2) is 29.5 Å². The van der Waals surface area contributed by atoms with Crippen molar-refractivity contribution in [1.29, 1.82) is 0 Å². The molecule has 1 saturated heterocycles. The summed E-state index contributed by atoms with van der Waals surface area (Å²) in [6.07, 6.45) is 5.64. The summed E-state index contributed by atoms with van der Waals surface area (Å²) in [7, 11) is 0. The lowest BCUT2D eigenvalue weighted by atomic mass is 9.99. The second-order valence-corrected chi connectivity index (χ2v) is 5.40. The van der Waals surface area contributed by atoms with Gasteiger partial charge in [0.25, 0.3) is 5.69 Å². The molecule has 1 aliphatic heterocycles. The van der Waals surface area contributed by atoms with Crippen LogP contribution in [0.1, 0.15) is 12.8 Å². The first-order valence-electron chi connectivity index (χ1n) is 7.21. The van der Waals surface area contributed by atoms with Gasteiger partial charge in [0.1, 0.15) is 0 Å². The maximum Gasteiger partial charge on any atom is 0.278 e. The molecule has 2 heterocycles. The van der Waals surface area contributed by atoms with Crippen LogP contribution in [0, 0.1) is 16.0 Å². The van der Waals surface area contributed by atoms with Crippen molar-refractivity contribution in [1.82, 2.24) is 10.3 Å². The molecule has 1 fully saturated rings. The first-order valence-corrected chi connectivity index (χ1v) is 7.21. The molecule has 0 saturated carbocycles. The van der Waals surface area contributed by atoms with Crippen molar-refractivity contribution in [3.05, 3.63) is 40.7 Å². The maximum atomic E-state index is 11.1. The molecular weight excluding hydrogens is 268 g/mol. The van der Waals surface area contributed by atoms with Gasteiger partial charge in [-0.1, -0.05) is 0 Å². The first kappa shape index (κ1) is 13.8. The summed E-state index contributed by atoms with van der Waals surface area (Å²) in [5.74, 6) is 0.603. The normalized spacial score (nSPS) is 18.6. The third-order valence-corrected chi connectivity index (χ3v) is 3.97. The minimum Gasteiger partial charge on any atom is -0.384 e. The summed E-state index contributed by atoms with van der Waals surface area (Å²) in [6.45, 7) is 3.00. The van der Waals surface area contributed by atoms with E-state index in [9.17, 15) is 10.1 Å². The van der Waals surface area contributed by atoms with E-state index in [1.807, 2.05) is 6.07 Å². The highest BCUT2D eigenvalue weighted by atomic mass is 16.6. The molecule has 1 aromatic carbocycles. The van der Waals surface area contributed by atoms with E-state index in [-0.39, 0.29) is 10.6 Å². The van der Waals surface area contributed by atoms with Gasteiger partial charge in [0.05, 0.1) is 10.3 Å². The average Bonchev–Trinajstić information content (AvgIpc) is 2.53. The zero-order valence-corrected chi connectivity index (χ0v) is 11.7. The summed E-state index contributed by atoms with van der Waals surface area (Å²) in [5.41, 5.74) is 1.03.